The number of esters is 2. The van der Waals surface area contributed by atoms with E-state index in [9.17, 15) is 19.5 Å². The zero-order valence-corrected chi connectivity index (χ0v) is 67.4. The number of quaternary nitrogens is 1. The fourth-order valence-corrected chi connectivity index (χ4v) is 11.8. The van der Waals surface area contributed by atoms with E-state index in [1.165, 1.54) is 199 Å². The third-order valence-corrected chi connectivity index (χ3v) is 18.3. The van der Waals surface area contributed by atoms with Crippen molar-refractivity contribution in [1.29, 1.82) is 0 Å². The van der Waals surface area contributed by atoms with Crippen molar-refractivity contribution in [3.05, 3.63) is 158 Å². The molecule has 9 heteroatoms. The summed E-state index contributed by atoms with van der Waals surface area (Å²) in [5, 5.41) is 9.78. The highest BCUT2D eigenvalue weighted by Gasteiger charge is 2.25. The number of rotatable bonds is 78. The van der Waals surface area contributed by atoms with Crippen molar-refractivity contribution < 1.29 is 42.9 Å². The predicted octanol–water partition coefficient (Wildman–Crippen LogP) is 27.9. The molecule has 0 radical (unpaired) electrons. The van der Waals surface area contributed by atoms with Crippen LogP contribution in [0.15, 0.2) is 158 Å². The number of ether oxygens (including phenoxy) is 4. The number of hydrogen-bond acceptors (Lipinski definition) is 7. The third kappa shape index (κ3) is 84.1. The lowest BCUT2D eigenvalue weighted by molar-refractivity contribution is -0.870. The largest absolute Gasteiger partial charge is 0.477 e. The van der Waals surface area contributed by atoms with Crippen LogP contribution in [0.2, 0.25) is 0 Å². The minimum Gasteiger partial charge on any atom is -0.477 e. The van der Waals surface area contributed by atoms with Gasteiger partial charge in [-0.1, -0.05) is 377 Å². The third-order valence-electron chi connectivity index (χ3n) is 18.3. The van der Waals surface area contributed by atoms with Crippen molar-refractivity contribution in [3.8, 4) is 0 Å². The van der Waals surface area contributed by atoms with E-state index in [2.05, 4.69) is 172 Å². The first-order valence-corrected chi connectivity index (χ1v) is 42.6. The average molecular weight is 1430 g/mol. The van der Waals surface area contributed by atoms with Crippen molar-refractivity contribution in [3.63, 3.8) is 0 Å². The first kappa shape index (κ1) is 97.9. The van der Waals surface area contributed by atoms with Gasteiger partial charge in [-0.25, -0.2) is 4.79 Å². The van der Waals surface area contributed by atoms with Gasteiger partial charge in [-0.2, -0.15) is 0 Å². The van der Waals surface area contributed by atoms with Gasteiger partial charge in [0.2, 0.25) is 0 Å². The summed E-state index contributed by atoms with van der Waals surface area (Å²) < 4.78 is 23.0. The van der Waals surface area contributed by atoms with E-state index in [4.69, 9.17) is 18.9 Å². The van der Waals surface area contributed by atoms with Crippen LogP contribution >= 0.6 is 0 Å². The van der Waals surface area contributed by atoms with Crippen molar-refractivity contribution in [2.75, 3.05) is 47.5 Å². The van der Waals surface area contributed by atoms with Crippen molar-refractivity contribution in [1.82, 2.24) is 0 Å². The quantitative estimate of drug-likeness (QED) is 0.0211. The molecule has 0 aliphatic carbocycles. The van der Waals surface area contributed by atoms with Crippen LogP contribution in [0.5, 0.6) is 0 Å². The molecule has 0 saturated carbocycles. The van der Waals surface area contributed by atoms with Gasteiger partial charge in [0.05, 0.1) is 34.4 Å². The molecular weight excluding hydrogens is 1270 g/mol. The van der Waals surface area contributed by atoms with Gasteiger partial charge in [-0.15, -0.1) is 0 Å². The normalized spacial score (nSPS) is 13.4. The summed E-state index contributed by atoms with van der Waals surface area (Å²) in [5.74, 6) is -2.03. The van der Waals surface area contributed by atoms with E-state index in [1.807, 2.05) is 21.1 Å². The molecule has 0 saturated heterocycles. The first-order valence-electron chi connectivity index (χ1n) is 42.6. The van der Waals surface area contributed by atoms with E-state index >= 15 is 0 Å². The Balaban J connectivity index is 4.07. The summed E-state index contributed by atoms with van der Waals surface area (Å²) in [6.45, 7) is 4.75. The van der Waals surface area contributed by atoms with Gasteiger partial charge in [0.15, 0.2) is 6.10 Å². The van der Waals surface area contributed by atoms with Crippen LogP contribution < -0.4 is 0 Å². The van der Waals surface area contributed by atoms with Gasteiger partial charge in [0, 0.05) is 12.8 Å². The summed E-state index contributed by atoms with van der Waals surface area (Å²) in [5.41, 5.74) is 0. The lowest BCUT2D eigenvalue weighted by atomic mass is 10.0. The summed E-state index contributed by atoms with van der Waals surface area (Å²) in [6, 6.07) is 0. The van der Waals surface area contributed by atoms with E-state index in [-0.39, 0.29) is 32.2 Å². The van der Waals surface area contributed by atoms with Gasteiger partial charge in [0.25, 0.3) is 6.29 Å². The Morgan fingerprint density at radius 3 is 0.825 bits per heavy atom. The standard InChI is InChI=1S/C94H159NO8/c1-6-8-10-12-14-16-18-20-22-24-26-28-30-32-34-36-38-40-42-44-46-48-50-52-54-56-58-60-62-64-66-68-70-72-74-76-78-80-82-84-91(96)101-88-90(89-102-94(93(98)99)100-87-86-95(3,4)5)103-92(97)85-83-81-79-77-75-73-71-69-67-65-63-61-59-57-55-53-51-49-47-45-43-41-39-37-35-33-31-29-27-25-23-21-19-17-15-13-11-9-7-2/h9,11,15,17-18,20-21,23-24,26-27,29,33,35,39,41,45,47,51,53,57,59,63,65,69,71,90,94H,6-8,10,12-14,16,19,22,25,28,30-32,34,36-38,40,42-44,46,48-50,52,54-56,58,60-62,64,66-68,70,72-89H2,1-5H3/p+1/b11-9-,17-15-,20-18-,23-21-,26-24-,29-27-,35-33-,41-39-,47-45-,53-51-,59-57-,65-63-,71-69-. The maximum atomic E-state index is 13.0. The smallest absolute Gasteiger partial charge is 0.361 e. The Labute approximate surface area is 635 Å². The summed E-state index contributed by atoms with van der Waals surface area (Å²) in [4.78, 5) is 37.8. The SMILES string of the molecule is CC/C=C\C/C=C\C/C=C\C/C=C\C/C=C\C/C=C\C/C=C\C/C=C\C/C=C\C/C=C\C/C=C\CCCCCCCC(=O)OC(COC(=O)CCCCCCCCCCCCCCCCCCCCCCCCCCCCC/C=C\C/C=C\CCCCCCC)COC(OCC[N+](C)(C)C)C(=O)O. The number of aliphatic carboxylic acids is 1. The number of carbonyl (C=O) groups excluding carboxylic acids is 2. The highest BCUT2D eigenvalue weighted by atomic mass is 16.7. The van der Waals surface area contributed by atoms with Gasteiger partial charge >= 0.3 is 17.9 Å². The topological polar surface area (TPSA) is 108 Å². The Bertz CT molecular complexity index is 2270. The molecule has 103 heavy (non-hydrogen) atoms. The molecule has 0 amide bonds. The Kier molecular flexibility index (Phi) is 78.5. The lowest BCUT2D eigenvalue weighted by Crippen LogP contribution is -2.40. The van der Waals surface area contributed by atoms with Gasteiger partial charge < -0.3 is 28.5 Å². The molecule has 588 valence electrons. The van der Waals surface area contributed by atoms with Gasteiger partial charge in [-0.3, -0.25) is 9.59 Å². The number of carboxylic acid groups (broad SMARTS) is 1. The predicted molar refractivity (Wildman–Crippen MR) is 447 cm³/mol. The first-order chi connectivity index (χ1) is 50.6. The van der Waals surface area contributed by atoms with Crippen LogP contribution in [0.4, 0.5) is 0 Å². The molecule has 2 atom stereocenters. The molecule has 0 aromatic heterocycles. The molecule has 0 heterocycles. The molecule has 0 bridgehead atoms. The van der Waals surface area contributed by atoms with E-state index in [1.54, 1.807) is 0 Å². The van der Waals surface area contributed by atoms with Crippen molar-refractivity contribution in [2.24, 2.45) is 0 Å². The number of nitrogens with zero attached hydrogens (tertiary/aromatic N) is 1. The molecule has 9 nitrogen and oxygen atoms in total. The van der Waals surface area contributed by atoms with Crippen LogP contribution in [0, 0.1) is 0 Å². The average Bonchev–Trinajstić information content (AvgIpc) is 0.985. The summed E-state index contributed by atoms with van der Waals surface area (Å²) >= 11 is 0. The molecule has 1 N–H and O–H groups in total. The number of carbonyl (C=O) groups is 3. The molecule has 0 aromatic carbocycles. The second-order valence-electron chi connectivity index (χ2n) is 29.4. The number of likely N-dealkylation sites (N-methyl/N-ethyl adjacent to an activating group) is 1. The summed E-state index contributed by atoms with van der Waals surface area (Å²) in [7, 11) is 5.97. The zero-order chi connectivity index (χ0) is 74.6. The maximum Gasteiger partial charge on any atom is 0.361 e. The number of carboxylic acids is 1. The number of hydrogen-bond donors (Lipinski definition) is 1. The Morgan fingerprint density at radius 1 is 0.301 bits per heavy atom. The molecule has 0 rings (SSSR count). The highest BCUT2D eigenvalue weighted by molar-refractivity contribution is 5.71. The summed E-state index contributed by atoms with van der Waals surface area (Å²) in [6.07, 6.45) is 120. The van der Waals surface area contributed by atoms with Gasteiger partial charge in [-0.05, 0) is 128 Å². The minimum atomic E-state index is -1.53. The lowest BCUT2D eigenvalue weighted by Gasteiger charge is -2.25. The molecular formula is C94H160NO8+. The fourth-order valence-electron chi connectivity index (χ4n) is 11.8. The minimum absolute atomic E-state index is 0.178. The molecule has 0 aliphatic rings. The highest BCUT2D eigenvalue weighted by Crippen LogP contribution is 2.19. The van der Waals surface area contributed by atoms with Crippen molar-refractivity contribution in [2.45, 2.75) is 373 Å². The van der Waals surface area contributed by atoms with Crippen LogP contribution in [-0.2, 0) is 33.3 Å². The van der Waals surface area contributed by atoms with E-state index < -0.39 is 24.3 Å². The second-order valence-corrected chi connectivity index (χ2v) is 29.4. The maximum absolute atomic E-state index is 13.0. The van der Waals surface area contributed by atoms with E-state index in [0.29, 0.717) is 23.9 Å². The number of unbranched alkanes of at least 4 members (excludes halogenated alkanes) is 37. The second kappa shape index (κ2) is 82.6. The van der Waals surface area contributed by atoms with Crippen LogP contribution in [-0.4, -0.2) is 87.4 Å². The number of allylic oxidation sites excluding steroid dienone is 26. The van der Waals surface area contributed by atoms with Crippen molar-refractivity contribution >= 4 is 17.9 Å². The Morgan fingerprint density at radius 2 is 0.553 bits per heavy atom. The van der Waals surface area contributed by atoms with Crippen LogP contribution in [0.1, 0.15) is 361 Å². The van der Waals surface area contributed by atoms with Crippen LogP contribution in [0.25, 0.3) is 0 Å². The molecule has 0 fully saturated rings. The van der Waals surface area contributed by atoms with Gasteiger partial charge in [0.1, 0.15) is 13.2 Å². The fraction of sp³-hybridized carbons (Fsp3) is 0.691. The molecule has 2 unspecified atom stereocenters. The molecule has 0 spiro atoms. The zero-order valence-electron chi connectivity index (χ0n) is 67.4. The monoisotopic (exact) mass is 1430 g/mol. The van der Waals surface area contributed by atoms with E-state index in [0.717, 1.165) is 128 Å². The molecule has 0 aliphatic heterocycles. The Hall–Kier alpha value is -5.09. The van der Waals surface area contributed by atoms with Crippen LogP contribution in [0.3, 0.4) is 0 Å². The molecule has 0 aromatic rings.